The maximum atomic E-state index is 6.93. The Morgan fingerprint density at radius 1 is 0.367 bits per heavy atom. The fourth-order valence-electron chi connectivity index (χ4n) is 9.08. The largest absolute Gasteiger partial charge is 0.436 e. The first kappa shape index (κ1) is 33.0. The number of nitrogens with zero attached hydrogens (tertiary/aromatic N) is 12. The molecule has 12 heterocycles. The van der Waals surface area contributed by atoms with E-state index in [4.69, 9.17) is 38.9 Å². The highest BCUT2D eigenvalue weighted by molar-refractivity contribution is 7.00. The van der Waals surface area contributed by atoms with Gasteiger partial charge in [0.15, 0.2) is 23.0 Å². The topological polar surface area (TPSA) is 160 Å². The Balaban J connectivity index is 1.08. The van der Waals surface area contributed by atoms with E-state index in [0.717, 1.165) is 67.4 Å². The van der Waals surface area contributed by atoms with Gasteiger partial charge in [0.25, 0.3) is 13.4 Å². The summed E-state index contributed by atoms with van der Waals surface area (Å²) in [6, 6.07) is 8.30. The summed E-state index contributed by atoms with van der Waals surface area (Å²) in [7, 11) is 7.82. The Morgan fingerprint density at radius 2 is 0.617 bits per heavy atom. The standard InChI is InChI=1S/C42H28B2N12O4/c1-53-9-5-45-35(53)21-13-25-39(49-17-21)57-31-29-32(58-40-26(43(25)29)14-22(18-50-40)36-46-6-10-54(36)2)34-30-33(31)59-41-27(15-23(19-51-41)37-47-7-11-55(37)3)44(30)28-16-24(20-52-42(28)60-34)38-48-8-12-56(38)4/h5-20H,1-4H3. The van der Waals surface area contributed by atoms with E-state index in [1.54, 1.807) is 49.6 Å². The zero-order valence-electron chi connectivity index (χ0n) is 32.4. The Morgan fingerprint density at radius 3 is 0.833 bits per heavy atom. The molecule has 16 nitrogen and oxygen atoms in total. The highest BCUT2D eigenvalue weighted by atomic mass is 16.5. The van der Waals surface area contributed by atoms with Gasteiger partial charge in [0.2, 0.25) is 23.5 Å². The highest BCUT2D eigenvalue weighted by Crippen LogP contribution is 2.49. The van der Waals surface area contributed by atoms with Crippen molar-refractivity contribution in [3.8, 4) is 92.1 Å². The lowest BCUT2D eigenvalue weighted by Crippen LogP contribution is -2.62. The van der Waals surface area contributed by atoms with Gasteiger partial charge in [0.1, 0.15) is 23.3 Å². The third-order valence-electron chi connectivity index (χ3n) is 11.8. The number of fused-ring (bicyclic) bond motifs is 10. The van der Waals surface area contributed by atoms with Crippen LogP contribution < -0.4 is 51.7 Å². The van der Waals surface area contributed by atoms with Crippen LogP contribution in [-0.4, -0.2) is 71.6 Å². The molecular formula is C42H28B2N12O4. The molecule has 13 rings (SSSR count). The van der Waals surface area contributed by atoms with Crippen molar-refractivity contribution in [2.24, 2.45) is 28.2 Å². The van der Waals surface area contributed by atoms with Crippen LogP contribution in [0.4, 0.5) is 0 Å². The van der Waals surface area contributed by atoms with Gasteiger partial charge in [-0.2, -0.15) is 0 Å². The van der Waals surface area contributed by atoms with Gasteiger partial charge in [-0.1, -0.05) is 0 Å². The lowest BCUT2D eigenvalue weighted by molar-refractivity contribution is 0.381. The number of imidazole rings is 4. The van der Waals surface area contributed by atoms with Crippen molar-refractivity contribution >= 4 is 46.2 Å². The molecule has 4 aliphatic rings. The molecule has 1 aromatic carbocycles. The molecule has 0 unspecified atom stereocenters. The molecule has 286 valence electrons. The van der Waals surface area contributed by atoms with Crippen LogP contribution in [0.2, 0.25) is 0 Å². The molecule has 0 aliphatic carbocycles. The van der Waals surface area contributed by atoms with Crippen LogP contribution in [-0.2, 0) is 28.2 Å². The summed E-state index contributed by atoms with van der Waals surface area (Å²) in [6.45, 7) is -0.953. The Hall–Kier alpha value is -8.01. The van der Waals surface area contributed by atoms with Crippen LogP contribution in [0, 0.1) is 0 Å². The lowest BCUT2D eigenvalue weighted by Gasteiger charge is -2.39. The Bertz CT molecular complexity index is 2900. The van der Waals surface area contributed by atoms with E-state index >= 15 is 0 Å². The second kappa shape index (κ2) is 11.8. The smallest absolute Gasteiger partial charge is 0.265 e. The molecule has 0 fully saturated rings. The summed E-state index contributed by atoms with van der Waals surface area (Å²) in [5.74, 6) is 6.55. The van der Waals surface area contributed by atoms with Crippen molar-refractivity contribution in [1.82, 2.24) is 58.1 Å². The van der Waals surface area contributed by atoms with Crippen molar-refractivity contribution in [1.29, 1.82) is 0 Å². The van der Waals surface area contributed by atoms with Gasteiger partial charge in [0, 0.05) is 136 Å². The molecule has 0 saturated heterocycles. The number of hydrogen-bond acceptors (Lipinski definition) is 12. The van der Waals surface area contributed by atoms with Gasteiger partial charge in [-0.15, -0.1) is 0 Å². The van der Waals surface area contributed by atoms with Crippen molar-refractivity contribution < 1.29 is 18.9 Å². The van der Waals surface area contributed by atoms with E-state index in [1.165, 1.54) is 0 Å². The third-order valence-corrected chi connectivity index (χ3v) is 11.8. The Kier molecular flexibility index (Phi) is 6.48. The minimum Gasteiger partial charge on any atom is -0.436 e. The summed E-state index contributed by atoms with van der Waals surface area (Å²) in [5.41, 5.74) is 7.94. The molecule has 4 aliphatic heterocycles. The normalized spacial score (nSPS) is 13.5. The fourth-order valence-corrected chi connectivity index (χ4v) is 9.08. The number of ether oxygens (including phenoxy) is 4. The van der Waals surface area contributed by atoms with Gasteiger partial charge in [-0.05, 0) is 46.1 Å². The second-order valence-electron chi connectivity index (χ2n) is 15.3. The average molecular weight is 786 g/mol. The molecule has 0 spiro atoms. The van der Waals surface area contributed by atoms with Crippen LogP contribution in [0.5, 0.6) is 46.5 Å². The minimum absolute atomic E-state index is 0.419. The molecule has 0 N–H and O–H groups in total. The van der Waals surface area contributed by atoms with Gasteiger partial charge in [0.05, 0.1) is 0 Å². The number of benzene rings is 1. The molecule has 0 atom stereocenters. The Labute approximate surface area is 341 Å². The predicted molar refractivity (Wildman–Crippen MR) is 222 cm³/mol. The monoisotopic (exact) mass is 786 g/mol. The number of rotatable bonds is 4. The van der Waals surface area contributed by atoms with Gasteiger partial charge in [-0.25, -0.2) is 39.9 Å². The van der Waals surface area contributed by atoms with Gasteiger partial charge >= 0.3 is 0 Å². The predicted octanol–water partition coefficient (Wildman–Crippen LogP) is 2.32. The zero-order valence-corrected chi connectivity index (χ0v) is 32.4. The first-order chi connectivity index (χ1) is 29.4. The maximum absolute atomic E-state index is 6.93. The summed E-state index contributed by atoms with van der Waals surface area (Å²) < 4.78 is 35.5. The van der Waals surface area contributed by atoms with Crippen molar-refractivity contribution in [3.05, 3.63) is 98.6 Å². The van der Waals surface area contributed by atoms with E-state index in [2.05, 4.69) is 44.2 Å². The van der Waals surface area contributed by atoms with Crippen molar-refractivity contribution in [3.63, 3.8) is 0 Å². The van der Waals surface area contributed by atoms with E-state index < -0.39 is 13.4 Å². The number of pyridine rings is 4. The quantitative estimate of drug-likeness (QED) is 0.240. The lowest BCUT2D eigenvalue weighted by atomic mass is 9.32. The summed E-state index contributed by atoms with van der Waals surface area (Å²) in [5, 5.41) is 0. The molecule has 8 aromatic heterocycles. The van der Waals surface area contributed by atoms with Crippen LogP contribution in [0.3, 0.4) is 0 Å². The first-order valence-electron chi connectivity index (χ1n) is 19.2. The summed E-state index contributed by atoms with van der Waals surface area (Å²) in [4.78, 5) is 38.3. The minimum atomic E-state index is -0.476. The molecule has 18 heteroatoms. The summed E-state index contributed by atoms with van der Waals surface area (Å²) in [6.07, 6.45) is 21.8. The van der Waals surface area contributed by atoms with Crippen LogP contribution in [0.25, 0.3) is 45.6 Å². The number of aryl methyl sites for hydroxylation is 4. The van der Waals surface area contributed by atoms with Crippen LogP contribution >= 0.6 is 0 Å². The highest BCUT2D eigenvalue weighted by Gasteiger charge is 2.52. The number of aromatic nitrogens is 12. The average Bonchev–Trinajstić information content (AvgIpc) is 4.10. The van der Waals surface area contributed by atoms with Crippen LogP contribution in [0.15, 0.2) is 98.6 Å². The van der Waals surface area contributed by atoms with Gasteiger partial charge < -0.3 is 37.2 Å². The second-order valence-corrected chi connectivity index (χ2v) is 15.3. The van der Waals surface area contributed by atoms with Crippen molar-refractivity contribution in [2.75, 3.05) is 0 Å². The van der Waals surface area contributed by atoms with E-state index in [9.17, 15) is 0 Å². The third kappa shape index (κ3) is 4.46. The van der Waals surface area contributed by atoms with Crippen molar-refractivity contribution in [2.45, 2.75) is 0 Å². The molecule has 0 radical (unpaired) electrons. The molecule has 0 saturated carbocycles. The van der Waals surface area contributed by atoms with E-state index in [-0.39, 0.29) is 0 Å². The molecular weight excluding hydrogens is 758 g/mol. The zero-order chi connectivity index (χ0) is 40.0. The maximum Gasteiger partial charge on any atom is 0.265 e. The fraction of sp³-hybridized carbons (Fsp3) is 0.0952. The first-order valence-corrected chi connectivity index (χ1v) is 19.2. The molecule has 0 bridgehead atoms. The van der Waals surface area contributed by atoms with E-state index in [1.807, 2.05) is 71.2 Å². The number of hydrogen-bond donors (Lipinski definition) is 0. The molecule has 0 amide bonds. The summed E-state index contributed by atoms with van der Waals surface area (Å²) >= 11 is 0. The SMILES string of the molecule is Cn1ccnc1-c1cnc2c(c1)B1c3cc(-c4nccn4C)cnc3Oc3c4c5c(c(c31)O2)Oc1ncc(-c2nccn2C)cc1B5c1cc(-c2nccn2C)cnc1O4. The molecule has 9 aromatic rings. The van der Waals surface area contributed by atoms with Crippen LogP contribution in [0.1, 0.15) is 0 Å². The van der Waals surface area contributed by atoms with E-state index in [0.29, 0.717) is 57.4 Å². The molecule has 60 heavy (non-hydrogen) atoms. The van der Waals surface area contributed by atoms with Gasteiger partial charge in [-0.3, -0.25) is 0 Å².